The summed E-state index contributed by atoms with van der Waals surface area (Å²) >= 11 is 1.16. The zero-order valence-corrected chi connectivity index (χ0v) is 9.09. The zero-order valence-electron chi connectivity index (χ0n) is 8.27. The van der Waals surface area contributed by atoms with Crippen molar-refractivity contribution in [1.29, 1.82) is 0 Å². The summed E-state index contributed by atoms with van der Waals surface area (Å²) < 4.78 is 1.05. The van der Waals surface area contributed by atoms with Crippen LogP contribution in [0.3, 0.4) is 0 Å². The predicted octanol–water partition coefficient (Wildman–Crippen LogP) is -0.534. The first-order chi connectivity index (χ1) is 8.15. The number of nitrogens with one attached hydrogen (secondary N) is 1. The molecule has 2 heterocycles. The maximum absolute atomic E-state index is 11.6. The van der Waals surface area contributed by atoms with Crippen LogP contribution in [0, 0.1) is 0 Å². The molecule has 0 spiro atoms. The summed E-state index contributed by atoms with van der Waals surface area (Å²) in [5, 5.41) is 25.5. The quantitative estimate of drug-likeness (QED) is 0.751. The Morgan fingerprint density at radius 3 is 2.94 bits per heavy atom. The molecule has 0 fully saturated rings. The van der Waals surface area contributed by atoms with Gasteiger partial charge in [0.1, 0.15) is 12.1 Å². The van der Waals surface area contributed by atoms with Crippen LogP contribution in [0.15, 0.2) is 11.7 Å². The van der Waals surface area contributed by atoms with Gasteiger partial charge in [-0.1, -0.05) is 16.6 Å². The number of carbonyl (C=O) groups is 2. The molecule has 17 heavy (non-hydrogen) atoms. The molecule has 2 rings (SSSR count). The van der Waals surface area contributed by atoms with Crippen molar-refractivity contribution >= 4 is 28.3 Å². The highest BCUT2D eigenvalue weighted by Gasteiger charge is 2.13. The largest absolute Gasteiger partial charge is 0.480 e. The fourth-order valence-electron chi connectivity index (χ4n) is 1.01. The molecule has 2 aromatic heterocycles. The van der Waals surface area contributed by atoms with Gasteiger partial charge in [0.2, 0.25) is 5.13 Å². The van der Waals surface area contributed by atoms with Crippen molar-refractivity contribution in [3.63, 3.8) is 0 Å². The van der Waals surface area contributed by atoms with E-state index in [-0.39, 0.29) is 12.2 Å². The molecule has 0 aliphatic rings. The first kappa shape index (κ1) is 11.1. The average molecular weight is 254 g/mol. The van der Waals surface area contributed by atoms with Crippen LogP contribution in [-0.2, 0) is 11.3 Å². The van der Waals surface area contributed by atoms with Crippen LogP contribution in [0.25, 0.3) is 0 Å². The molecule has 1 amide bonds. The van der Waals surface area contributed by atoms with Crippen LogP contribution in [0.4, 0.5) is 5.13 Å². The maximum Gasteiger partial charge on any atom is 0.325 e. The summed E-state index contributed by atoms with van der Waals surface area (Å²) in [5.41, 5.74) is 1.48. The molecule has 0 bridgehead atoms. The van der Waals surface area contributed by atoms with Gasteiger partial charge in [-0.05, 0) is 0 Å². The van der Waals surface area contributed by atoms with E-state index in [1.165, 1.54) is 11.7 Å². The van der Waals surface area contributed by atoms with Crippen LogP contribution in [0.1, 0.15) is 10.5 Å². The van der Waals surface area contributed by atoms with Crippen LogP contribution in [0.2, 0.25) is 0 Å². The van der Waals surface area contributed by atoms with E-state index < -0.39 is 11.9 Å². The molecule has 2 aromatic rings. The molecule has 10 heteroatoms. The lowest BCUT2D eigenvalue weighted by Crippen LogP contribution is -2.12. The summed E-state index contributed by atoms with van der Waals surface area (Å²) in [6.07, 6.45) is 1.24. The predicted molar refractivity (Wildman–Crippen MR) is 55.5 cm³/mol. The Hall–Kier alpha value is -2.36. The van der Waals surface area contributed by atoms with Crippen molar-refractivity contribution in [2.24, 2.45) is 0 Å². The number of hydrogen-bond donors (Lipinski definition) is 2. The highest BCUT2D eigenvalue weighted by atomic mass is 32.1. The van der Waals surface area contributed by atoms with E-state index in [0.717, 1.165) is 16.0 Å². The smallest absolute Gasteiger partial charge is 0.325 e. The standard InChI is InChI=1S/C7H6N6O3S/c14-5(15)2-13-1-4(10-12-13)6(16)9-7-11-8-3-17-7/h1,3H,2H2,(H,14,15)(H,9,11,16). The highest BCUT2D eigenvalue weighted by molar-refractivity contribution is 7.13. The first-order valence-corrected chi connectivity index (χ1v) is 5.22. The third kappa shape index (κ3) is 2.81. The van der Waals surface area contributed by atoms with Gasteiger partial charge >= 0.3 is 5.97 Å². The summed E-state index contributed by atoms with van der Waals surface area (Å²) in [6, 6.07) is 0. The third-order valence-corrected chi connectivity index (χ3v) is 2.26. The van der Waals surface area contributed by atoms with Crippen LogP contribution >= 0.6 is 11.3 Å². The summed E-state index contributed by atoms with van der Waals surface area (Å²) in [6.45, 7) is -0.348. The number of nitrogens with zero attached hydrogens (tertiary/aromatic N) is 5. The fraction of sp³-hybridized carbons (Fsp3) is 0.143. The monoisotopic (exact) mass is 254 g/mol. The van der Waals surface area contributed by atoms with Gasteiger partial charge in [0, 0.05) is 0 Å². The Kier molecular flexibility index (Phi) is 3.05. The number of hydrogen-bond acceptors (Lipinski definition) is 7. The van der Waals surface area contributed by atoms with Gasteiger partial charge in [-0.2, -0.15) is 0 Å². The number of carboxylic acids is 1. The normalized spacial score (nSPS) is 10.1. The lowest BCUT2D eigenvalue weighted by molar-refractivity contribution is -0.137. The van der Waals surface area contributed by atoms with Crippen molar-refractivity contribution in [2.75, 3.05) is 5.32 Å². The van der Waals surface area contributed by atoms with E-state index in [0.29, 0.717) is 5.13 Å². The van der Waals surface area contributed by atoms with Crippen molar-refractivity contribution < 1.29 is 14.7 Å². The number of carbonyl (C=O) groups excluding carboxylic acids is 1. The summed E-state index contributed by atoms with van der Waals surface area (Å²) in [5.74, 6) is -1.58. The van der Waals surface area contributed by atoms with Gasteiger partial charge in [-0.3, -0.25) is 14.9 Å². The SMILES string of the molecule is O=C(O)Cn1cc(C(=O)Nc2nncs2)nn1. The number of anilines is 1. The van der Waals surface area contributed by atoms with Gasteiger partial charge < -0.3 is 5.11 Å². The van der Waals surface area contributed by atoms with E-state index in [2.05, 4.69) is 25.8 Å². The summed E-state index contributed by atoms with van der Waals surface area (Å²) in [4.78, 5) is 22.0. The van der Waals surface area contributed by atoms with Crippen LogP contribution in [-0.4, -0.2) is 42.2 Å². The average Bonchev–Trinajstić information content (AvgIpc) is 2.87. The second-order valence-electron chi connectivity index (χ2n) is 2.89. The molecule has 0 aromatic carbocycles. The van der Waals surface area contributed by atoms with Crippen molar-refractivity contribution in [1.82, 2.24) is 25.2 Å². The minimum absolute atomic E-state index is 0.0152. The third-order valence-electron chi connectivity index (χ3n) is 1.65. The van der Waals surface area contributed by atoms with Gasteiger partial charge in [-0.25, -0.2) is 4.68 Å². The topological polar surface area (TPSA) is 123 Å². The lowest BCUT2D eigenvalue weighted by Gasteiger charge is -1.95. The fourth-order valence-corrected chi connectivity index (χ4v) is 1.45. The molecular formula is C7H6N6O3S. The molecular weight excluding hydrogens is 248 g/mol. The molecule has 0 radical (unpaired) electrons. The molecule has 0 unspecified atom stereocenters. The Morgan fingerprint density at radius 2 is 2.29 bits per heavy atom. The van der Waals surface area contributed by atoms with E-state index >= 15 is 0 Å². The molecule has 2 N–H and O–H groups in total. The molecule has 0 atom stereocenters. The van der Waals surface area contributed by atoms with E-state index in [1.807, 2.05) is 0 Å². The van der Waals surface area contributed by atoms with Crippen molar-refractivity contribution in [2.45, 2.75) is 6.54 Å². The molecule has 0 aliphatic carbocycles. The van der Waals surface area contributed by atoms with E-state index in [9.17, 15) is 9.59 Å². The van der Waals surface area contributed by atoms with Gasteiger partial charge in [0.15, 0.2) is 5.69 Å². The van der Waals surface area contributed by atoms with E-state index in [1.54, 1.807) is 0 Å². The number of aliphatic carboxylic acids is 1. The second-order valence-corrected chi connectivity index (χ2v) is 3.73. The van der Waals surface area contributed by atoms with Crippen molar-refractivity contribution in [3.8, 4) is 0 Å². The molecule has 88 valence electrons. The minimum Gasteiger partial charge on any atom is -0.480 e. The van der Waals surface area contributed by atoms with Gasteiger partial charge in [0.05, 0.1) is 6.20 Å². The summed E-state index contributed by atoms with van der Waals surface area (Å²) in [7, 11) is 0. The van der Waals surface area contributed by atoms with Gasteiger partial charge in [0.25, 0.3) is 5.91 Å². The number of carboxylic acid groups (broad SMARTS) is 1. The molecule has 0 saturated carbocycles. The molecule has 0 aliphatic heterocycles. The minimum atomic E-state index is -1.06. The number of amides is 1. The zero-order chi connectivity index (χ0) is 12.3. The second kappa shape index (κ2) is 4.65. The highest BCUT2D eigenvalue weighted by Crippen LogP contribution is 2.09. The number of aromatic nitrogens is 5. The Morgan fingerprint density at radius 1 is 1.47 bits per heavy atom. The molecule has 0 saturated heterocycles. The van der Waals surface area contributed by atoms with Crippen LogP contribution < -0.4 is 5.32 Å². The number of rotatable bonds is 4. The lowest BCUT2D eigenvalue weighted by atomic mass is 10.4. The van der Waals surface area contributed by atoms with Crippen LogP contribution in [0.5, 0.6) is 0 Å². The Bertz CT molecular complexity index is 536. The van der Waals surface area contributed by atoms with Crippen molar-refractivity contribution in [3.05, 3.63) is 17.4 Å². The first-order valence-electron chi connectivity index (χ1n) is 4.34. The van der Waals surface area contributed by atoms with Gasteiger partial charge in [-0.15, -0.1) is 15.3 Å². The van der Waals surface area contributed by atoms with E-state index in [4.69, 9.17) is 5.11 Å². The Balaban J connectivity index is 2.04. The Labute approximate surface area is 98.1 Å². The molecule has 9 nitrogen and oxygen atoms in total. The maximum atomic E-state index is 11.6.